The molecule has 0 aliphatic carbocycles. The number of anilines is 1. The van der Waals surface area contributed by atoms with E-state index in [4.69, 9.17) is 10.5 Å². The van der Waals surface area contributed by atoms with Crippen LogP contribution in [-0.4, -0.2) is 17.6 Å². The van der Waals surface area contributed by atoms with Crippen LogP contribution in [0.4, 0.5) is 5.82 Å². The van der Waals surface area contributed by atoms with Crippen molar-refractivity contribution in [3.05, 3.63) is 53.2 Å². The van der Waals surface area contributed by atoms with E-state index in [1.165, 1.54) is 5.56 Å². The molecule has 0 amide bonds. The van der Waals surface area contributed by atoms with Crippen LogP contribution in [0, 0.1) is 6.92 Å². The number of para-hydroxylation sites is 1. The SMILES string of the molecule is CCNC(c1cc(C)cnc1N)C1Cc2ccccc2O1. The number of rotatable bonds is 4. The zero-order valence-corrected chi connectivity index (χ0v) is 12.5. The number of aryl methyl sites for hydroxylation is 1. The van der Waals surface area contributed by atoms with E-state index in [9.17, 15) is 0 Å². The van der Waals surface area contributed by atoms with Gasteiger partial charge in [0.1, 0.15) is 17.7 Å². The number of nitrogens with zero attached hydrogens (tertiary/aromatic N) is 1. The fourth-order valence-electron chi connectivity index (χ4n) is 2.91. The number of likely N-dealkylation sites (N-methyl/N-ethyl adjacent to an activating group) is 1. The second kappa shape index (κ2) is 5.74. The van der Waals surface area contributed by atoms with E-state index in [2.05, 4.69) is 35.4 Å². The number of fused-ring (bicyclic) bond motifs is 1. The van der Waals surface area contributed by atoms with Gasteiger partial charge in [-0.3, -0.25) is 0 Å². The molecule has 4 nitrogen and oxygen atoms in total. The van der Waals surface area contributed by atoms with Gasteiger partial charge in [0.25, 0.3) is 0 Å². The number of aromatic nitrogens is 1. The first kappa shape index (κ1) is 13.9. The van der Waals surface area contributed by atoms with Crippen LogP contribution in [0.5, 0.6) is 5.75 Å². The molecule has 0 radical (unpaired) electrons. The molecule has 110 valence electrons. The second-order valence-corrected chi connectivity index (χ2v) is 5.49. The summed E-state index contributed by atoms with van der Waals surface area (Å²) in [5.41, 5.74) is 9.47. The molecule has 0 spiro atoms. The molecule has 1 aliphatic heterocycles. The summed E-state index contributed by atoms with van der Waals surface area (Å²) in [5, 5.41) is 3.50. The van der Waals surface area contributed by atoms with Crippen molar-refractivity contribution in [1.29, 1.82) is 0 Å². The Morgan fingerprint density at radius 1 is 1.43 bits per heavy atom. The van der Waals surface area contributed by atoms with Crippen molar-refractivity contribution < 1.29 is 4.74 Å². The first-order chi connectivity index (χ1) is 10.2. The number of nitrogens with two attached hydrogens (primary N) is 1. The Labute approximate surface area is 125 Å². The molecule has 0 saturated carbocycles. The summed E-state index contributed by atoms with van der Waals surface area (Å²) < 4.78 is 6.13. The lowest BCUT2D eigenvalue weighted by Crippen LogP contribution is -2.35. The van der Waals surface area contributed by atoms with E-state index < -0.39 is 0 Å². The zero-order valence-electron chi connectivity index (χ0n) is 12.5. The van der Waals surface area contributed by atoms with Crippen molar-refractivity contribution in [2.45, 2.75) is 32.4 Å². The molecule has 0 saturated heterocycles. The second-order valence-electron chi connectivity index (χ2n) is 5.49. The van der Waals surface area contributed by atoms with Gasteiger partial charge >= 0.3 is 0 Å². The summed E-state index contributed by atoms with van der Waals surface area (Å²) >= 11 is 0. The van der Waals surface area contributed by atoms with Crippen LogP contribution >= 0.6 is 0 Å². The van der Waals surface area contributed by atoms with Gasteiger partial charge in [-0.15, -0.1) is 0 Å². The van der Waals surface area contributed by atoms with Crippen molar-refractivity contribution in [3.8, 4) is 5.75 Å². The highest BCUT2D eigenvalue weighted by Crippen LogP contribution is 2.35. The van der Waals surface area contributed by atoms with E-state index in [0.29, 0.717) is 5.82 Å². The lowest BCUT2D eigenvalue weighted by atomic mass is 9.97. The maximum absolute atomic E-state index is 6.13. The third-order valence-electron chi connectivity index (χ3n) is 3.89. The maximum atomic E-state index is 6.13. The molecule has 2 heterocycles. The highest BCUT2D eigenvalue weighted by molar-refractivity contribution is 5.45. The van der Waals surface area contributed by atoms with Gasteiger partial charge in [0.15, 0.2) is 0 Å². The highest BCUT2D eigenvalue weighted by atomic mass is 16.5. The molecular formula is C17H21N3O. The van der Waals surface area contributed by atoms with E-state index in [-0.39, 0.29) is 12.1 Å². The van der Waals surface area contributed by atoms with Crippen LogP contribution < -0.4 is 15.8 Å². The number of benzene rings is 1. The minimum atomic E-state index is 0.0493. The van der Waals surface area contributed by atoms with Crippen molar-refractivity contribution in [2.24, 2.45) is 0 Å². The fraction of sp³-hybridized carbons (Fsp3) is 0.353. The zero-order chi connectivity index (χ0) is 14.8. The third kappa shape index (κ3) is 2.72. The van der Waals surface area contributed by atoms with E-state index >= 15 is 0 Å². The minimum Gasteiger partial charge on any atom is -0.488 e. The van der Waals surface area contributed by atoms with Crippen molar-refractivity contribution in [1.82, 2.24) is 10.3 Å². The number of nitrogens with one attached hydrogen (secondary N) is 1. The average molecular weight is 283 g/mol. The minimum absolute atomic E-state index is 0.0493. The van der Waals surface area contributed by atoms with Gasteiger partial charge in [0.2, 0.25) is 0 Å². The van der Waals surface area contributed by atoms with Crippen molar-refractivity contribution in [2.75, 3.05) is 12.3 Å². The Morgan fingerprint density at radius 2 is 2.24 bits per heavy atom. The predicted molar refractivity (Wildman–Crippen MR) is 84.4 cm³/mol. The smallest absolute Gasteiger partial charge is 0.128 e. The number of hydrogen-bond acceptors (Lipinski definition) is 4. The van der Waals surface area contributed by atoms with Crippen molar-refractivity contribution in [3.63, 3.8) is 0 Å². The third-order valence-corrected chi connectivity index (χ3v) is 3.89. The molecular weight excluding hydrogens is 262 g/mol. The van der Waals surface area contributed by atoms with Crippen molar-refractivity contribution >= 4 is 5.82 Å². The highest BCUT2D eigenvalue weighted by Gasteiger charge is 2.32. The predicted octanol–water partition coefficient (Wildman–Crippen LogP) is 2.63. The summed E-state index contributed by atoms with van der Waals surface area (Å²) in [6.07, 6.45) is 2.74. The summed E-state index contributed by atoms with van der Waals surface area (Å²) in [6, 6.07) is 10.4. The summed E-state index contributed by atoms with van der Waals surface area (Å²) in [7, 11) is 0. The molecule has 0 fully saturated rings. The summed E-state index contributed by atoms with van der Waals surface area (Å²) in [4.78, 5) is 4.28. The van der Waals surface area contributed by atoms with E-state index in [1.54, 1.807) is 6.20 Å². The Morgan fingerprint density at radius 3 is 3.00 bits per heavy atom. The molecule has 1 aromatic heterocycles. The first-order valence-electron chi connectivity index (χ1n) is 7.39. The molecule has 3 rings (SSSR count). The maximum Gasteiger partial charge on any atom is 0.128 e. The summed E-state index contributed by atoms with van der Waals surface area (Å²) in [6.45, 7) is 4.98. The first-order valence-corrected chi connectivity index (χ1v) is 7.39. The molecule has 2 aromatic rings. The van der Waals surface area contributed by atoms with Crippen LogP contribution in [0.2, 0.25) is 0 Å². The monoisotopic (exact) mass is 283 g/mol. The quantitative estimate of drug-likeness (QED) is 0.905. The molecule has 1 aliphatic rings. The molecule has 1 aromatic carbocycles. The Bertz CT molecular complexity index is 617. The van der Waals surface area contributed by atoms with Gasteiger partial charge in [0.05, 0.1) is 6.04 Å². The van der Waals surface area contributed by atoms with Crippen LogP contribution in [0.3, 0.4) is 0 Å². The van der Waals surface area contributed by atoms with Gasteiger partial charge < -0.3 is 15.8 Å². The van der Waals surface area contributed by atoms with Crippen LogP contribution in [0.15, 0.2) is 36.5 Å². The molecule has 2 atom stereocenters. The summed E-state index contributed by atoms with van der Waals surface area (Å²) in [5.74, 6) is 1.55. The topological polar surface area (TPSA) is 60.2 Å². The standard InChI is InChI=1S/C17H21N3O/c1-3-19-16(13-8-11(2)10-20-17(13)18)15-9-12-6-4-5-7-14(12)21-15/h4-8,10,15-16,19H,3,9H2,1-2H3,(H2,18,20). The Kier molecular flexibility index (Phi) is 3.80. The lowest BCUT2D eigenvalue weighted by molar-refractivity contribution is 0.180. The fourth-order valence-corrected chi connectivity index (χ4v) is 2.91. The van der Waals surface area contributed by atoms with Crippen LogP contribution in [-0.2, 0) is 6.42 Å². The Hall–Kier alpha value is -2.07. The molecule has 2 unspecified atom stereocenters. The molecule has 21 heavy (non-hydrogen) atoms. The molecule has 4 heteroatoms. The van der Waals surface area contributed by atoms with Gasteiger partial charge in [-0.1, -0.05) is 25.1 Å². The normalized spacial score (nSPS) is 18.1. The number of ether oxygens (including phenoxy) is 1. The molecule has 0 bridgehead atoms. The lowest BCUT2D eigenvalue weighted by Gasteiger charge is -2.25. The number of pyridine rings is 1. The van der Waals surface area contributed by atoms with Crippen LogP contribution in [0.1, 0.15) is 29.7 Å². The van der Waals surface area contributed by atoms with Gasteiger partial charge in [0, 0.05) is 18.2 Å². The van der Waals surface area contributed by atoms with E-state index in [0.717, 1.165) is 29.8 Å². The number of nitrogen functional groups attached to an aromatic ring is 1. The van der Waals surface area contributed by atoms with Gasteiger partial charge in [-0.25, -0.2) is 4.98 Å². The van der Waals surface area contributed by atoms with E-state index in [1.807, 2.05) is 19.1 Å². The average Bonchev–Trinajstić information content (AvgIpc) is 2.91. The van der Waals surface area contributed by atoms with Gasteiger partial charge in [-0.05, 0) is 36.7 Å². The largest absolute Gasteiger partial charge is 0.488 e. The van der Waals surface area contributed by atoms with Crippen LogP contribution in [0.25, 0.3) is 0 Å². The Balaban J connectivity index is 1.91. The molecule has 3 N–H and O–H groups in total. The number of hydrogen-bond donors (Lipinski definition) is 2. The van der Waals surface area contributed by atoms with Gasteiger partial charge in [-0.2, -0.15) is 0 Å².